The van der Waals surface area contributed by atoms with Crippen molar-refractivity contribution in [1.82, 2.24) is 0 Å². The number of benzene rings is 1. The van der Waals surface area contributed by atoms with Crippen molar-refractivity contribution in [2.24, 2.45) is 0 Å². The van der Waals surface area contributed by atoms with E-state index in [9.17, 15) is 19.2 Å². The van der Waals surface area contributed by atoms with Crippen LogP contribution in [0.4, 0.5) is 0 Å². The lowest BCUT2D eigenvalue weighted by atomic mass is 10.1. The Labute approximate surface area is 177 Å². The van der Waals surface area contributed by atoms with Crippen LogP contribution in [-0.2, 0) is 28.5 Å². The highest BCUT2D eigenvalue weighted by Gasteiger charge is 2.16. The summed E-state index contributed by atoms with van der Waals surface area (Å²) < 4.78 is 18.3. The Kier molecular flexibility index (Phi) is 15.4. The van der Waals surface area contributed by atoms with Gasteiger partial charge in [-0.15, -0.1) is 0 Å². The zero-order valence-corrected chi connectivity index (χ0v) is 18.2. The van der Waals surface area contributed by atoms with Crippen LogP contribution in [0.1, 0.15) is 72.6 Å². The van der Waals surface area contributed by atoms with E-state index in [-0.39, 0.29) is 17.5 Å². The van der Waals surface area contributed by atoms with E-state index in [1.54, 1.807) is 12.1 Å². The molecular weight excluding hydrogens is 392 g/mol. The number of carbonyl (C=O) groups is 4. The van der Waals surface area contributed by atoms with Crippen LogP contribution in [0.15, 0.2) is 24.3 Å². The van der Waals surface area contributed by atoms with Gasteiger partial charge in [0.2, 0.25) is 0 Å². The topological polar surface area (TPSA) is 105 Å². The van der Waals surface area contributed by atoms with Crippen molar-refractivity contribution in [3.05, 3.63) is 35.4 Å². The van der Waals surface area contributed by atoms with Gasteiger partial charge < -0.3 is 18.9 Å². The van der Waals surface area contributed by atoms with Crippen molar-refractivity contribution >= 4 is 23.9 Å². The largest absolute Gasteiger partial charge is 0.469 e. The Morgan fingerprint density at radius 1 is 0.700 bits per heavy atom. The van der Waals surface area contributed by atoms with Gasteiger partial charge in [0.15, 0.2) is 0 Å². The van der Waals surface area contributed by atoms with Gasteiger partial charge in [0.25, 0.3) is 0 Å². The summed E-state index contributed by atoms with van der Waals surface area (Å²) in [7, 11) is 3.77. The first-order valence-electron chi connectivity index (χ1n) is 9.89. The number of methoxy groups -OCH3 is 3. The first-order chi connectivity index (χ1) is 14.4. The van der Waals surface area contributed by atoms with Crippen LogP contribution >= 0.6 is 0 Å². The third kappa shape index (κ3) is 11.8. The van der Waals surface area contributed by atoms with Gasteiger partial charge in [-0.05, 0) is 18.6 Å². The molecule has 1 aromatic carbocycles. The summed E-state index contributed by atoms with van der Waals surface area (Å²) in [6.07, 6.45) is 6.58. The predicted molar refractivity (Wildman–Crippen MR) is 110 cm³/mol. The standard InChI is InChI=1S/C12H22O4.C10H10O4/c1-3-4-5-6-7-8-9-16-12(14)10-11(13)15-2;1-13-9(11)7-5-3-4-6-8(7)10(12)14-2/h3-10H2,1-2H3;3-6H,1-2H3. The molecule has 0 aliphatic carbocycles. The number of hydrogen-bond donors (Lipinski definition) is 0. The number of rotatable bonds is 11. The normalized spacial score (nSPS) is 9.60. The van der Waals surface area contributed by atoms with Gasteiger partial charge in [0.1, 0.15) is 6.42 Å². The highest BCUT2D eigenvalue weighted by molar-refractivity contribution is 6.03. The summed E-state index contributed by atoms with van der Waals surface area (Å²) in [5.74, 6) is -2.15. The van der Waals surface area contributed by atoms with Gasteiger partial charge >= 0.3 is 23.9 Å². The molecule has 0 saturated heterocycles. The molecule has 0 bridgehead atoms. The van der Waals surface area contributed by atoms with Crippen LogP contribution in [0.5, 0.6) is 0 Å². The minimum absolute atomic E-state index is 0.210. The van der Waals surface area contributed by atoms with Crippen molar-refractivity contribution in [3.8, 4) is 0 Å². The molecule has 0 aromatic heterocycles. The lowest BCUT2D eigenvalue weighted by Gasteiger charge is -2.04. The highest BCUT2D eigenvalue weighted by atomic mass is 16.5. The molecule has 0 saturated carbocycles. The second-order valence-corrected chi connectivity index (χ2v) is 6.27. The molecule has 0 aliphatic heterocycles. The Bertz CT molecular complexity index is 634. The minimum Gasteiger partial charge on any atom is -0.469 e. The third-order valence-corrected chi connectivity index (χ3v) is 4.01. The second-order valence-electron chi connectivity index (χ2n) is 6.27. The van der Waals surface area contributed by atoms with E-state index in [1.165, 1.54) is 59.1 Å². The van der Waals surface area contributed by atoms with E-state index in [4.69, 9.17) is 4.74 Å². The quantitative estimate of drug-likeness (QED) is 0.229. The average Bonchev–Trinajstić information content (AvgIpc) is 2.77. The molecule has 0 fully saturated rings. The number of unbranched alkanes of at least 4 members (excludes halogenated alkanes) is 5. The van der Waals surface area contributed by atoms with E-state index in [2.05, 4.69) is 21.1 Å². The van der Waals surface area contributed by atoms with Crippen molar-refractivity contribution < 1.29 is 38.1 Å². The van der Waals surface area contributed by atoms with Crippen LogP contribution in [0.25, 0.3) is 0 Å². The molecular formula is C22H32O8. The third-order valence-electron chi connectivity index (χ3n) is 4.01. The van der Waals surface area contributed by atoms with E-state index in [1.807, 2.05) is 0 Å². The summed E-state index contributed by atoms with van der Waals surface area (Å²) in [5, 5.41) is 0. The van der Waals surface area contributed by atoms with Gasteiger partial charge in [-0.3, -0.25) is 9.59 Å². The average molecular weight is 424 g/mol. The van der Waals surface area contributed by atoms with Crippen LogP contribution in [0, 0.1) is 0 Å². The van der Waals surface area contributed by atoms with Gasteiger partial charge in [0.05, 0.1) is 39.1 Å². The Morgan fingerprint density at radius 3 is 1.67 bits per heavy atom. The van der Waals surface area contributed by atoms with E-state index in [0.717, 1.165) is 12.8 Å². The lowest BCUT2D eigenvalue weighted by Crippen LogP contribution is -2.12. The smallest absolute Gasteiger partial charge is 0.338 e. The summed E-state index contributed by atoms with van der Waals surface area (Å²) in [5.41, 5.74) is 0.420. The predicted octanol–water partition coefficient (Wildman–Crippen LogP) is 3.71. The molecule has 0 radical (unpaired) electrons. The highest BCUT2D eigenvalue weighted by Crippen LogP contribution is 2.11. The maximum absolute atomic E-state index is 11.2. The molecule has 0 amide bonds. The number of esters is 4. The molecule has 168 valence electrons. The summed E-state index contributed by atoms with van der Waals surface area (Å²) in [4.78, 5) is 44.2. The second kappa shape index (κ2) is 17.0. The van der Waals surface area contributed by atoms with Gasteiger partial charge in [-0.1, -0.05) is 51.2 Å². The molecule has 1 aromatic rings. The Balaban J connectivity index is 0.000000564. The molecule has 0 aliphatic rings. The van der Waals surface area contributed by atoms with Crippen LogP contribution in [0.2, 0.25) is 0 Å². The zero-order chi connectivity index (χ0) is 22.8. The molecule has 1 rings (SSSR count). The zero-order valence-electron chi connectivity index (χ0n) is 18.2. The van der Waals surface area contributed by atoms with E-state index < -0.39 is 23.9 Å². The first-order valence-corrected chi connectivity index (χ1v) is 9.89. The first kappa shape index (κ1) is 27.1. The van der Waals surface area contributed by atoms with Crippen LogP contribution in [0.3, 0.4) is 0 Å². The minimum atomic E-state index is -0.550. The molecule has 8 nitrogen and oxygen atoms in total. The molecule has 8 heteroatoms. The SMILES string of the molecule is CCCCCCCCOC(=O)CC(=O)OC.COC(=O)c1ccccc1C(=O)OC. The molecule has 0 atom stereocenters. The summed E-state index contributed by atoms with van der Waals surface area (Å²) in [6.45, 7) is 2.58. The summed E-state index contributed by atoms with van der Waals surface area (Å²) >= 11 is 0. The maximum atomic E-state index is 11.2. The van der Waals surface area contributed by atoms with E-state index >= 15 is 0 Å². The van der Waals surface area contributed by atoms with Crippen molar-refractivity contribution in [3.63, 3.8) is 0 Å². The van der Waals surface area contributed by atoms with Gasteiger partial charge in [-0.25, -0.2) is 9.59 Å². The van der Waals surface area contributed by atoms with Crippen LogP contribution in [-0.4, -0.2) is 51.8 Å². The number of ether oxygens (including phenoxy) is 4. The molecule has 0 heterocycles. The Hall–Kier alpha value is -2.90. The van der Waals surface area contributed by atoms with Gasteiger partial charge in [0, 0.05) is 0 Å². The van der Waals surface area contributed by atoms with Gasteiger partial charge in [-0.2, -0.15) is 0 Å². The fourth-order valence-electron chi connectivity index (χ4n) is 2.37. The van der Waals surface area contributed by atoms with E-state index in [0.29, 0.717) is 6.61 Å². The van der Waals surface area contributed by atoms with Crippen molar-refractivity contribution in [2.45, 2.75) is 51.9 Å². The number of hydrogen-bond acceptors (Lipinski definition) is 8. The fraction of sp³-hybridized carbons (Fsp3) is 0.545. The lowest BCUT2D eigenvalue weighted by molar-refractivity contribution is -0.153. The molecule has 0 spiro atoms. The number of carbonyl (C=O) groups excluding carboxylic acids is 4. The fourth-order valence-corrected chi connectivity index (χ4v) is 2.37. The Morgan fingerprint density at radius 2 is 1.20 bits per heavy atom. The van der Waals surface area contributed by atoms with Crippen molar-refractivity contribution in [1.29, 1.82) is 0 Å². The van der Waals surface area contributed by atoms with Crippen LogP contribution < -0.4 is 0 Å². The maximum Gasteiger partial charge on any atom is 0.338 e. The summed E-state index contributed by atoms with van der Waals surface area (Å²) in [6, 6.07) is 6.33. The molecule has 0 N–H and O–H groups in total. The molecule has 30 heavy (non-hydrogen) atoms. The molecule has 0 unspecified atom stereocenters. The monoisotopic (exact) mass is 424 g/mol. The van der Waals surface area contributed by atoms with Crippen molar-refractivity contribution in [2.75, 3.05) is 27.9 Å².